The number of nitrogen functional groups attached to an aromatic ring is 1. The molecule has 5 aromatic carbocycles. The van der Waals surface area contributed by atoms with Crippen LogP contribution in [0.1, 0.15) is 45.0 Å². The van der Waals surface area contributed by atoms with Crippen LogP contribution in [0.25, 0.3) is 11.1 Å². The Morgan fingerprint density at radius 3 is 2.27 bits per heavy atom. The highest BCUT2D eigenvalue weighted by molar-refractivity contribution is 6.42. The smallest absolute Gasteiger partial charge is 0.326 e. The maximum absolute atomic E-state index is 14.2. The number of hydrogen-bond donors (Lipinski definition) is 3. The number of nitriles is 1. The number of benzene rings is 5. The fourth-order valence-corrected chi connectivity index (χ4v) is 7.73. The molecule has 0 saturated carbocycles. The van der Waals surface area contributed by atoms with Crippen molar-refractivity contribution < 1.29 is 28.9 Å². The standard InChI is InChI=1S/C47H39Cl2N5O6/c48-38-15-5-30(17-39(38)49)26-58-37-13-11-34(12-14-37)44-27-59-42-20-35-19-41(54(25-36(35)21-43(42)60-44)24-31-6-16-45(51)52-23-31)46(55)53-40(47(56)57)18-28-1-7-32(8-2-28)33-9-3-29(22-50)4-10-33/h1-17,20-21,23,40-41,44H,18-19,24-27H2,(H2,51,52)(H,53,55)(H,56,57)/t40-,41?,44?/m0/s1. The van der Waals surface area contributed by atoms with Crippen LogP contribution in [0.15, 0.2) is 121 Å². The number of carbonyl (C=O) groups excluding carboxylic acids is 1. The quantitative estimate of drug-likeness (QED) is 0.109. The molecule has 3 heterocycles. The van der Waals surface area contributed by atoms with Gasteiger partial charge in [-0.1, -0.05) is 83.9 Å². The fourth-order valence-electron chi connectivity index (χ4n) is 7.41. The van der Waals surface area contributed by atoms with Crippen molar-refractivity contribution in [3.8, 4) is 34.4 Å². The predicted octanol–water partition coefficient (Wildman–Crippen LogP) is 8.34. The molecule has 2 aliphatic rings. The molecule has 60 heavy (non-hydrogen) atoms. The first-order chi connectivity index (χ1) is 29.1. The number of aromatic nitrogens is 1. The zero-order valence-electron chi connectivity index (χ0n) is 32.2. The van der Waals surface area contributed by atoms with E-state index in [4.69, 9.17) is 48.4 Å². The number of nitrogens with zero attached hydrogens (tertiary/aromatic N) is 3. The third kappa shape index (κ3) is 9.32. The molecule has 0 fully saturated rings. The molecule has 0 aliphatic carbocycles. The minimum absolute atomic E-state index is 0.0915. The molecule has 0 radical (unpaired) electrons. The Morgan fingerprint density at radius 1 is 0.883 bits per heavy atom. The summed E-state index contributed by atoms with van der Waals surface area (Å²) in [6.07, 6.45) is 1.73. The minimum Gasteiger partial charge on any atom is -0.489 e. The number of carbonyl (C=O) groups is 2. The monoisotopic (exact) mass is 839 g/mol. The second kappa shape index (κ2) is 17.7. The fraction of sp³-hybridized carbons (Fsp3) is 0.191. The lowest BCUT2D eigenvalue weighted by Crippen LogP contribution is -2.54. The molecule has 6 aromatic rings. The topological polar surface area (TPSA) is 160 Å². The molecule has 2 aliphatic heterocycles. The molecule has 0 spiro atoms. The van der Waals surface area contributed by atoms with Crippen molar-refractivity contribution >= 4 is 40.9 Å². The van der Waals surface area contributed by atoms with E-state index < -0.39 is 24.0 Å². The van der Waals surface area contributed by atoms with Gasteiger partial charge in [0.15, 0.2) is 17.6 Å². The predicted molar refractivity (Wildman–Crippen MR) is 228 cm³/mol. The second-order valence-corrected chi connectivity index (χ2v) is 15.6. The number of nitrogens with one attached hydrogen (secondary N) is 1. The van der Waals surface area contributed by atoms with Crippen molar-refractivity contribution in [3.05, 3.63) is 170 Å². The number of aliphatic carboxylic acids is 1. The van der Waals surface area contributed by atoms with Crippen molar-refractivity contribution in [2.45, 2.75) is 50.7 Å². The number of amides is 1. The summed E-state index contributed by atoms with van der Waals surface area (Å²) >= 11 is 12.2. The summed E-state index contributed by atoms with van der Waals surface area (Å²) in [5, 5.41) is 23.2. The molecule has 1 amide bonds. The summed E-state index contributed by atoms with van der Waals surface area (Å²) in [6.45, 7) is 1.38. The van der Waals surface area contributed by atoms with Crippen molar-refractivity contribution in [2.75, 3.05) is 12.3 Å². The van der Waals surface area contributed by atoms with E-state index in [2.05, 4.69) is 16.4 Å². The molecular weight excluding hydrogens is 801 g/mol. The van der Waals surface area contributed by atoms with Crippen LogP contribution in [0.3, 0.4) is 0 Å². The number of carboxylic acid groups (broad SMARTS) is 1. The number of fused-ring (bicyclic) bond motifs is 2. The highest BCUT2D eigenvalue weighted by Gasteiger charge is 2.36. The zero-order valence-corrected chi connectivity index (χ0v) is 33.7. The van der Waals surface area contributed by atoms with Gasteiger partial charge in [0.1, 0.15) is 30.8 Å². The van der Waals surface area contributed by atoms with Crippen molar-refractivity contribution in [3.63, 3.8) is 0 Å². The Labute approximate surface area is 356 Å². The molecule has 4 N–H and O–H groups in total. The van der Waals surface area contributed by atoms with Crippen LogP contribution in [0.5, 0.6) is 17.2 Å². The molecule has 0 saturated heterocycles. The van der Waals surface area contributed by atoms with Gasteiger partial charge in [0.25, 0.3) is 0 Å². The van der Waals surface area contributed by atoms with Gasteiger partial charge in [-0.3, -0.25) is 9.69 Å². The van der Waals surface area contributed by atoms with Crippen molar-refractivity contribution in [2.24, 2.45) is 0 Å². The molecular formula is C47H39Cl2N5O6. The Kier molecular flexibility index (Phi) is 11.9. The number of rotatable bonds is 12. The van der Waals surface area contributed by atoms with Crippen LogP contribution < -0.4 is 25.3 Å². The third-order valence-corrected chi connectivity index (χ3v) is 11.4. The van der Waals surface area contributed by atoms with E-state index in [1.165, 1.54) is 0 Å². The summed E-state index contributed by atoms with van der Waals surface area (Å²) in [5.41, 5.74) is 13.6. The van der Waals surface area contributed by atoms with Crippen LogP contribution >= 0.6 is 23.2 Å². The third-order valence-electron chi connectivity index (χ3n) is 10.7. The minimum atomic E-state index is -1.17. The highest BCUT2D eigenvalue weighted by atomic mass is 35.5. The Morgan fingerprint density at radius 2 is 1.58 bits per heavy atom. The zero-order chi connectivity index (χ0) is 41.8. The van der Waals surface area contributed by atoms with E-state index in [0.717, 1.165) is 44.5 Å². The first-order valence-electron chi connectivity index (χ1n) is 19.3. The van der Waals surface area contributed by atoms with Gasteiger partial charge in [-0.15, -0.1) is 0 Å². The Bertz CT molecular complexity index is 2560. The number of hydrogen-bond acceptors (Lipinski definition) is 9. The van der Waals surface area contributed by atoms with E-state index in [-0.39, 0.29) is 19.1 Å². The van der Waals surface area contributed by atoms with Crippen LogP contribution in [0.2, 0.25) is 10.0 Å². The lowest BCUT2D eigenvalue weighted by atomic mass is 9.91. The van der Waals surface area contributed by atoms with Crippen molar-refractivity contribution in [1.82, 2.24) is 15.2 Å². The molecule has 2 unspecified atom stereocenters. The van der Waals surface area contributed by atoms with Gasteiger partial charge in [0, 0.05) is 25.7 Å². The summed E-state index contributed by atoms with van der Waals surface area (Å²) in [4.78, 5) is 33.0. The SMILES string of the molecule is N#Cc1ccc(-c2ccc(C[C@H](NC(=O)C3Cc4cc5c(cc4CN3Cc3ccc(N)nc3)OC(c3ccc(OCc4ccc(Cl)c(Cl)c4)cc3)CO5)C(=O)O)cc2)cc1. The van der Waals surface area contributed by atoms with Crippen LogP contribution in [0.4, 0.5) is 5.82 Å². The summed E-state index contributed by atoms with van der Waals surface area (Å²) < 4.78 is 18.7. The van der Waals surface area contributed by atoms with Crippen LogP contribution in [0, 0.1) is 11.3 Å². The second-order valence-electron chi connectivity index (χ2n) is 14.8. The van der Waals surface area contributed by atoms with E-state index in [0.29, 0.717) is 64.8 Å². The number of anilines is 1. The van der Waals surface area contributed by atoms with Gasteiger partial charge < -0.3 is 30.4 Å². The number of nitrogens with two attached hydrogens (primary N) is 1. The first kappa shape index (κ1) is 40.2. The van der Waals surface area contributed by atoms with Gasteiger partial charge in [-0.2, -0.15) is 5.26 Å². The first-order valence-corrected chi connectivity index (χ1v) is 20.0. The van der Waals surface area contributed by atoms with E-state index in [1.807, 2.05) is 89.8 Å². The number of ether oxygens (including phenoxy) is 3. The van der Waals surface area contributed by atoms with E-state index >= 15 is 0 Å². The van der Waals surface area contributed by atoms with E-state index in [9.17, 15) is 14.7 Å². The lowest BCUT2D eigenvalue weighted by Gasteiger charge is -2.37. The average molecular weight is 841 g/mol. The lowest BCUT2D eigenvalue weighted by molar-refractivity contribution is -0.142. The molecule has 11 nitrogen and oxygen atoms in total. The molecule has 0 bridgehead atoms. The molecule has 302 valence electrons. The van der Waals surface area contributed by atoms with Gasteiger partial charge in [-0.05, 0) is 106 Å². The van der Waals surface area contributed by atoms with Crippen molar-refractivity contribution in [1.29, 1.82) is 5.26 Å². The van der Waals surface area contributed by atoms with Gasteiger partial charge in [-0.25, -0.2) is 9.78 Å². The highest BCUT2D eigenvalue weighted by Crippen LogP contribution is 2.41. The van der Waals surface area contributed by atoms with Gasteiger partial charge >= 0.3 is 5.97 Å². The molecule has 1 aromatic heterocycles. The Hall–Kier alpha value is -6.58. The average Bonchev–Trinajstić information content (AvgIpc) is 3.26. The molecule has 3 atom stereocenters. The summed E-state index contributed by atoms with van der Waals surface area (Å²) in [6, 6.07) is 35.6. The summed E-state index contributed by atoms with van der Waals surface area (Å²) in [5.74, 6) is 0.716. The largest absolute Gasteiger partial charge is 0.489 e. The van der Waals surface area contributed by atoms with Gasteiger partial charge in [0.05, 0.1) is 27.7 Å². The number of carboxylic acids is 1. The Balaban J connectivity index is 0.964. The maximum atomic E-state index is 14.2. The van der Waals surface area contributed by atoms with Crippen LogP contribution in [-0.4, -0.2) is 45.6 Å². The van der Waals surface area contributed by atoms with Gasteiger partial charge in [0.2, 0.25) is 5.91 Å². The van der Waals surface area contributed by atoms with E-state index in [1.54, 1.807) is 36.5 Å². The van der Waals surface area contributed by atoms with Crippen LogP contribution in [-0.2, 0) is 42.1 Å². The number of halogens is 2. The maximum Gasteiger partial charge on any atom is 0.326 e. The summed E-state index contributed by atoms with van der Waals surface area (Å²) in [7, 11) is 0. The normalized spacial score (nSPS) is 16.2. The molecule has 8 rings (SSSR count). The number of pyridine rings is 1. The molecule has 13 heteroatoms.